The third-order valence-corrected chi connectivity index (χ3v) is 6.76. The zero-order valence-electron chi connectivity index (χ0n) is 18.1. The SMILES string of the molecule is Cc1ccc([C@@]2(c3ccccc3)NC(=O)N(CC(=O)NCCc3cccs3)C2=O)cc1C. The quantitative estimate of drug-likeness (QED) is 0.544. The Balaban J connectivity index is 1.59. The maximum Gasteiger partial charge on any atom is 0.326 e. The zero-order chi connectivity index (χ0) is 22.7. The van der Waals surface area contributed by atoms with Crippen molar-refractivity contribution in [3.8, 4) is 0 Å². The Bertz CT molecular complexity index is 1140. The number of imide groups is 1. The summed E-state index contributed by atoms with van der Waals surface area (Å²) in [5.41, 5.74) is 2.07. The molecule has 3 aromatic rings. The maximum absolute atomic E-state index is 13.7. The summed E-state index contributed by atoms with van der Waals surface area (Å²) < 4.78 is 0. The van der Waals surface area contributed by atoms with Crippen LogP contribution in [0.2, 0.25) is 0 Å². The van der Waals surface area contributed by atoms with Crippen LogP contribution < -0.4 is 10.6 Å². The van der Waals surface area contributed by atoms with Gasteiger partial charge in [0.1, 0.15) is 6.54 Å². The number of hydrogen-bond acceptors (Lipinski definition) is 4. The molecule has 1 aliphatic rings. The van der Waals surface area contributed by atoms with Crippen molar-refractivity contribution in [2.75, 3.05) is 13.1 Å². The van der Waals surface area contributed by atoms with Crippen LogP contribution in [-0.2, 0) is 21.5 Å². The van der Waals surface area contributed by atoms with Crippen LogP contribution in [0.1, 0.15) is 27.1 Å². The summed E-state index contributed by atoms with van der Waals surface area (Å²) in [6, 6.07) is 18.3. The Kier molecular flexibility index (Phi) is 6.10. The Morgan fingerprint density at radius 1 is 1.00 bits per heavy atom. The standard InChI is InChI=1S/C25H25N3O3S/c1-17-10-11-20(15-18(17)2)25(19-7-4-3-5-8-19)23(30)28(24(31)27-25)16-22(29)26-13-12-21-9-6-14-32-21/h3-11,14-15H,12-13,16H2,1-2H3,(H,26,29)(H,27,31)/t25-/m1/s1. The molecule has 1 aliphatic heterocycles. The molecule has 0 unspecified atom stereocenters. The number of nitrogens with one attached hydrogen (secondary N) is 2. The van der Waals surface area contributed by atoms with E-state index in [2.05, 4.69) is 10.6 Å². The highest BCUT2D eigenvalue weighted by Crippen LogP contribution is 2.36. The minimum absolute atomic E-state index is 0.325. The second-order valence-corrected chi connectivity index (χ2v) is 8.95. The molecule has 2 N–H and O–H groups in total. The van der Waals surface area contributed by atoms with Gasteiger partial charge in [0.25, 0.3) is 5.91 Å². The zero-order valence-corrected chi connectivity index (χ0v) is 18.9. The van der Waals surface area contributed by atoms with E-state index in [-0.39, 0.29) is 12.5 Å². The summed E-state index contributed by atoms with van der Waals surface area (Å²) in [6.45, 7) is 4.09. The highest BCUT2D eigenvalue weighted by atomic mass is 32.1. The molecule has 2 heterocycles. The highest BCUT2D eigenvalue weighted by Gasteiger charge is 2.54. The lowest BCUT2D eigenvalue weighted by Gasteiger charge is -2.28. The fourth-order valence-electron chi connectivity index (χ4n) is 3.92. The second kappa shape index (κ2) is 8.96. The lowest BCUT2D eigenvalue weighted by Crippen LogP contribution is -2.46. The lowest BCUT2D eigenvalue weighted by atomic mass is 9.81. The van der Waals surface area contributed by atoms with E-state index in [0.717, 1.165) is 20.9 Å². The van der Waals surface area contributed by atoms with Gasteiger partial charge >= 0.3 is 6.03 Å². The van der Waals surface area contributed by atoms with E-state index in [1.54, 1.807) is 11.3 Å². The van der Waals surface area contributed by atoms with Crippen molar-refractivity contribution < 1.29 is 14.4 Å². The molecule has 0 spiro atoms. The first-order valence-electron chi connectivity index (χ1n) is 10.5. The summed E-state index contributed by atoms with van der Waals surface area (Å²) in [7, 11) is 0. The molecule has 0 saturated carbocycles. The molecule has 1 fully saturated rings. The van der Waals surface area contributed by atoms with Gasteiger partial charge in [-0.3, -0.25) is 14.5 Å². The van der Waals surface area contributed by atoms with Crippen LogP contribution in [0, 0.1) is 13.8 Å². The van der Waals surface area contributed by atoms with Crippen molar-refractivity contribution in [2.24, 2.45) is 0 Å². The number of benzene rings is 2. The van der Waals surface area contributed by atoms with Gasteiger partial charge in [0.2, 0.25) is 5.91 Å². The van der Waals surface area contributed by atoms with E-state index < -0.39 is 17.5 Å². The van der Waals surface area contributed by atoms with Crippen molar-refractivity contribution in [3.05, 3.63) is 93.2 Å². The van der Waals surface area contributed by atoms with E-state index in [1.807, 2.05) is 79.9 Å². The van der Waals surface area contributed by atoms with Crippen LogP contribution in [0.25, 0.3) is 0 Å². The van der Waals surface area contributed by atoms with E-state index in [9.17, 15) is 14.4 Å². The first kappa shape index (κ1) is 21.8. The van der Waals surface area contributed by atoms with Gasteiger partial charge in [0.05, 0.1) is 0 Å². The van der Waals surface area contributed by atoms with Gasteiger partial charge in [-0.1, -0.05) is 54.6 Å². The van der Waals surface area contributed by atoms with Crippen molar-refractivity contribution in [1.82, 2.24) is 15.5 Å². The molecule has 6 nitrogen and oxygen atoms in total. The predicted octanol–water partition coefficient (Wildman–Crippen LogP) is 3.52. The molecule has 1 aromatic heterocycles. The highest BCUT2D eigenvalue weighted by molar-refractivity contribution is 7.09. The number of urea groups is 1. The van der Waals surface area contributed by atoms with Gasteiger partial charge in [-0.2, -0.15) is 0 Å². The second-order valence-electron chi connectivity index (χ2n) is 7.92. The number of carbonyl (C=O) groups is 3. The smallest absolute Gasteiger partial charge is 0.326 e. The Morgan fingerprint density at radius 3 is 2.47 bits per heavy atom. The lowest BCUT2D eigenvalue weighted by molar-refractivity contribution is -0.134. The van der Waals surface area contributed by atoms with Crippen LogP contribution in [0.5, 0.6) is 0 Å². The molecular weight excluding hydrogens is 422 g/mol. The number of rotatable bonds is 7. The number of amides is 4. The molecular formula is C25H25N3O3S. The van der Waals surface area contributed by atoms with Crippen molar-refractivity contribution in [1.29, 1.82) is 0 Å². The molecule has 4 rings (SSSR count). The fraction of sp³-hybridized carbons (Fsp3) is 0.240. The first-order valence-corrected chi connectivity index (χ1v) is 11.4. The number of nitrogens with zero attached hydrogens (tertiary/aromatic N) is 1. The van der Waals surface area contributed by atoms with E-state index in [4.69, 9.17) is 0 Å². The van der Waals surface area contributed by atoms with Gasteiger partial charge in [0.15, 0.2) is 5.54 Å². The Labute approximate surface area is 191 Å². The van der Waals surface area contributed by atoms with Crippen LogP contribution in [0.3, 0.4) is 0 Å². The maximum atomic E-state index is 13.7. The largest absolute Gasteiger partial charge is 0.354 e. The summed E-state index contributed by atoms with van der Waals surface area (Å²) in [6.07, 6.45) is 0.708. The Morgan fingerprint density at radius 2 is 1.78 bits per heavy atom. The summed E-state index contributed by atoms with van der Waals surface area (Å²) >= 11 is 1.63. The molecule has 1 atom stereocenters. The number of hydrogen-bond donors (Lipinski definition) is 2. The van der Waals surface area contributed by atoms with Crippen molar-refractivity contribution in [3.63, 3.8) is 0 Å². The third-order valence-electron chi connectivity index (χ3n) is 5.83. The third kappa shape index (κ3) is 4.03. The molecule has 7 heteroatoms. The summed E-state index contributed by atoms with van der Waals surface area (Å²) in [4.78, 5) is 41.3. The average molecular weight is 448 g/mol. The number of thiophene rings is 1. The predicted molar refractivity (Wildman–Crippen MR) is 124 cm³/mol. The minimum atomic E-state index is -1.37. The van der Waals surface area contributed by atoms with Crippen LogP contribution in [-0.4, -0.2) is 35.8 Å². The van der Waals surface area contributed by atoms with Crippen molar-refractivity contribution in [2.45, 2.75) is 25.8 Å². The van der Waals surface area contributed by atoms with Gasteiger partial charge in [-0.15, -0.1) is 11.3 Å². The van der Waals surface area contributed by atoms with E-state index in [1.165, 1.54) is 0 Å². The normalized spacial score (nSPS) is 18.0. The Hall–Kier alpha value is -3.45. The van der Waals surface area contributed by atoms with Crippen LogP contribution in [0.4, 0.5) is 4.79 Å². The van der Waals surface area contributed by atoms with Crippen LogP contribution >= 0.6 is 11.3 Å². The molecule has 4 amide bonds. The summed E-state index contributed by atoms with van der Waals surface area (Å²) in [5, 5.41) is 7.68. The minimum Gasteiger partial charge on any atom is -0.354 e. The monoisotopic (exact) mass is 447 g/mol. The van der Waals surface area contributed by atoms with E-state index in [0.29, 0.717) is 24.1 Å². The molecule has 32 heavy (non-hydrogen) atoms. The number of carbonyl (C=O) groups excluding carboxylic acids is 3. The van der Waals surface area contributed by atoms with E-state index >= 15 is 0 Å². The van der Waals surface area contributed by atoms with Gasteiger partial charge in [0, 0.05) is 11.4 Å². The molecule has 0 aliphatic carbocycles. The molecule has 0 radical (unpaired) electrons. The topological polar surface area (TPSA) is 78.5 Å². The number of aryl methyl sites for hydroxylation is 2. The van der Waals surface area contributed by atoms with Crippen LogP contribution in [0.15, 0.2) is 66.0 Å². The fourth-order valence-corrected chi connectivity index (χ4v) is 4.63. The van der Waals surface area contributed by atoms with Gasteiger partial charge in [-0.05, 0) is 54.0 Å². The summed E-state index contributed by atoms with van der Waals surface area (Å²) in [5.74, 6) is -0.820. The van der Waals surface area contributed by atoms with Gasteiger partial charge in [-0.25, -0.2) is 4.79 Å². The first-order chi connectivity index (χ1) is 15.4. The molecule has 164 valence electrons. The molecule has 0 bridgehead atoms. The molecule has 1 saturated heterocycles. The average Bonchev–Trinajstić information content (AvgIpc) is 3.39. The van der Waals surface area contributed by atoms with Crippen molar-refractivity contribution >= 4 is 29.2 Å². The van der Waals surface area contributed by atoms with Gasteiger partial charge < -0.3 is 10.6 Å². The molecule has 2 aromatic carbocycles.